The van der Waals surface area contributed by atoms with E-state index in [-0.39, 0.29) is 5.91 Å². The first-order valence-electron chi connectivity index (χ1n) is 6.80. The molecule has 1 aliphatic heterocycles. The lowest BCUT2D eigenvalue weighted by molar-refractivity contribution is -0.138. The van der Waals surface area contributed by atoms with Crippen molar-refractivity contribution < 1.29 is 14.3 Å². The third-order valence-electron chi connectivity index (χ3n) is 3.37. The minimum absolute atomic E-state index is 0.0718. The number of benzene rings is 1. The number of carbonyl (C=O) groups is 1. The SMILES string of the molecule is COc1cccc(OC(C)C(=O)N2CCCCC2)c1. The van der Waals surface area contributed by atoms with Crippen LogP contribution in [0.1, 0.15) is 26.2 Å². The average Bonchev–Trinajstić information content (AvgIpc) is 2.47. The highest BCUT2D eigenvalue weighted by Crippen LogP contribution is 2.21. The lowest BCUT2D eigenvalue weighted by atomic mass is 10.1. The van der Waals surface area contributed by atoms with Crippen molar-refractivity contribution in [3.63, 3.8) is 0 Å². The summed E-state index contributed by atoms with van der Waals surface area (Å²) >= 11 is 0. The van der Waals surface area contributed by atoms with Crippen molar-refractivity contribution in [1.82, 2.24) is 4.90 Å². The number of carbonyl (C=O) groups excluding carboxylic acids is 1. The molecule has 0 N–H and O–H groups in total. The van der Waals surface area contributed by atoms with Gasteiger partial charge in [-0.3, -0.25) is 4.79 Å². The Morgan fingerprint density at radius 1 is 1.21 bits per heavy atom. The molecule has 1 aromatic rings. The van der Waals surface area contributed by atoms with E-state index < -0.39 is 6.10 Å². The molecule has 19 heavy (non-hydrogen) atoms. The maximum absolute atomic E-state index is 12.2. The van der Waals surface area contributed by atoms with Crippen LogP contribution in [0.25, 0.3) is 0 Å². The summed E-state index contributed by atoms with van der Waals surface area (Å²) < 4.78 is 10.8. The zero-order chi connectivity index (χ0) is 13.7. The van der Waals surface area contributed by atoms with Gasteiger partial charge in [0.15, 0.2) is 6.10 Å². The van der Waals surface area contributed by atoms with Crippen molar-refractivity contribution in [2.75, 3.05) is 20.2 Å². The van der Waals surface area contributed by atoms with Gasteiger partial charge in [0.05, 0.1) is 7.11 Å². The molecule has 4 heteroatoms. The molecule has 4 nitrogen and oxygen atoms in total. The summed E-state index contributed by atoms with van der Waals surface area (Å²) in [6.45, 7) is 3.51. The van der Waals surface area contributed by atoms with Crippen LogP contribution in [-0.4, -0.2) is 37.1 Å². The van der Waals surface area contributed by atoms with E-state index in [2.05, 4.69) is 0 Å². The van der Waals surface area contributed by atoms with E-state index in [1.54, 1.807) is 20.1 Å². The smallest absolute Gasteiger partial charge is 0.263 e. The molecule has 1 amide bonds. The summed E-state index contributed by atoms with van der Waals surface area (Å²) in [6.07, 6.45) is 2.95. The fraction of sp³-hybridized carbons (Fsp3) is 0.533. The lowest BCUT2D eigenvalue weighted by Gasteiger charge is -2.29. The van der Waals surface area contributed by atoms with Crippen LogP contribution in [0.5, 0.6) is 11.5 Å². The predicted octanol–water partition coefficient (Wildman–Crippen LogP) is 2.48. The second-order valence-electron chi connectivity index (χ2n) is 4.83. The molecule has 1 aliphatic rings. The van der Waals surface area contributed by atoms with Crippen LogP contribution in [-0.2, 0) is 4.79 Å². The third-order valence-corrected chi connectivity index (χ3v) is 3.37. The van der Waals surface area contributed by atoms with Gasteiger partial charge in [0, 0.05) is 19.2 Å². The molecule has 0 spiro atoms. The van der Waals surface area contributed by atoms with Crippen molar-refractivity contribution in [3.8, 4) is 11.5 Å². The molecule has 0 radical (unpaired) electrons. The van der Waals surface area contributed by atoms with Gasteiger partial charge in [0.25, 0.3) is 5.91 Å². The third kappa shape index (κ3) is 3.63. The van der Waals surface area contributed by atoms with Crippen molar-refractivity contribution in [3.05, 3.63) is 24.3 Å². The first-order chi connectivity index (χ1) is 9.20. The van der Waals surface area contributed by atoms with Crippen LogP contribution in [0.15, 0.2) is 24.3 Å². The normalized spacial score (nSPS) is 16.8. The Labute approximate surface area is 114 Å². The fourth-order valence-corrected chi connectivity index (χ4v) is 2.30. The Bertz CT molecular complexity index is 427. The van der Waals surface area contributed by atoms with Crippen molar-refractivity contribution in [2.45, 2.75) is 32.3 Å². The van der Waals surface area contributed by atoms with E-state index >= 15 is 0 Å². The highest BCUT2D eigenvalue weighted by atomic mass is 16.5. The monoisotopic (exact) mass is 263 g/mol. The van der Waals surface area contributed by atoms with E-state index in [9.17, 15) is 4.79 Å². The minimum atomic E-state index is -0.454. The second-order valence-corrected chi connectivity index (χ2v) is 4.83. The summed E-state index contributed by atoms with van der Waals surface area (Å²) in [5.41, 5.74) is 0. The zero-order valence-corrected chi connectivity index (χ0v) is 11.6. The van der Waals surface area contributed by atoms with Crippen molar-refractivity contribution in [2.24, 2.45) is 0 Å². The molecule has 1 heterocycles. The molecule has 0 bridgehead atoms. The standard InChI is InChI=1S/C15H21NO3/c1-12(15(17)16-9-4-3-5-10-16)19-14-8-6-7-13(11-14)18-2/h6-8,11-12H,3-5,9-10H2,1-2H3. The van der Waals surface area contributed by atoms with Crippen LogP contribution in [0.3, 0.4) is 0 Å². The fourth-order valence-electron chi connectivity index (χ4n) is 2.30. The number of hydrogen-bond donors (Lipinski definition) is 0. The summed E-state index contributed by atoms with van der Waals surface area (Å²) in [5, 5.41) is 0. The Balaban J connectivity index is 1.95. The van der Waals surface area contributed by atoms with Gasteiger partial charge in [0.1, 0.15) is 11.5 Å². The summed E-state index contributed by atoms with van der Waals surface area (Å²) in [5.74, 6) is 1.47. The van der Waals surface area contributed by atoms with Gasteiger partial charge in [-0.1, -0.05) is 6.07 Å². The highest BCUT2D eigenvalue weighted by Gasteiger charge is 2.23. The Kier molecular flexibility index (Phi) is 4.66. The molecule has 1 atom stereocenters. The first kappa shape index (κ1) is 13.7. The van der Waals surface area contributed by atoms with E-state index in [4.69, 9.17) is 9.47 Å². The van der Waals surface area contributed by atoms with Gasteiger partial charge in [0.2, 0.25) is 0 Å². The number of rotatable bonds is 4. The maximum Gasteiger partial charge on any atom is 0.263 e. The molecule has 1 fully saturated rings. The van der Waals surface area contributed by atoms with Crippen LogP contribution in [0.2, 0.25) is 0 Å². The summed E-state index contributed by atoms with van der Waals surface area (Å²) in [6, 6.07) is 7.33. The number of amides is 1. The van der Waals surface area contributed by atoms with Crippen LogP contribution < -0.4 is 9.47 Å². The van der Waals surface area contributed by atoms with Gasteiger partial charge in [-0.05, 0) is 38.3 Å². The van der Waals surface area contributed by atoms with E-state index in [1.165, 1.54) is 6.42 Å². The zero-order valence-electron chi connectivity index (χ0n) is 11.6. The van der Waals surface area contributed by atoms with Gasteiger partial charge in [-0.2, -0.15) is 0 Å². The molecule has 0 aliphatic carbocycles. The average molecular weight is 263 g/mol. The van der Waals surface area contributed by atoms with Gasteiger partial charge >= 0.3 is 0 Å². The van der Waals surface area contributed by atoms with Crippen LogP contribution in [0.4, 0.5) is 0 Å². The molecule has 2 rings (SSSR count). The maximum atomic E-state index is 12.2. The van der Waals surface area contributed by atoms with Gasteiger partial charge in [-0.25, -0.2) is 0 Å². The van der Waals surface area contributed by atoms with Crippen molar-refractivity contribution in [1.29, 1.82) is 0 Å². The molecule has 0 saturated carbocycles. The van der Waals surface area contributed by atoms with Crippen LogP contribution in [0, 0.1) is 0 Å². The summed E-state index contributed by atoms with van der Waals surface area (Å²) in [4.78, 5) is 14.1. The first-order valence-corrected chi connectivity index (χ1v) is 6.80. The molecule has 1 saturated heterocycles. The molecule has 0 aromatic heterocycles. The Hall–Kier alpha value is -1.71. The molecular weight excluding hydrogens is 242 g/mol. The Morgan fingerprint density at radius 3 is 2.58 bits per heavy atom. The number of hydrogen-bond acceptors (Lipinski definition) is 3. The quantitative estimate of drug-likeness (QED) is 0.837. The number of ether oxygens (including phenoxy) is 2. The summed E-state index contributed by atoms with van der Waals surface area (Å²) in [7, 11) is 1.61. The van der Waals surface area contributed by atoms with E-state index in [1.807, 2.05) is 23.1 Å². The molecular formula is C15H21NO3. The number of nitrogens with zero attached hydrogens (tertiary/aromatic N) is 1. The van der Waals surface area contributed by atoms with E-state index in [0.29, 0.717) is 5.75 Å². The van der Waals surface area contributed by atoms with Gasteiger partial charge < -0.3 is 14.4 Å². The number of methoxy groups -OCH3 is 1. The lowest BCUT2D eigenvalue weighted by Crippen LogP contribution is -2.43. The minimum Gasteiger partial charge on any atom is -0.497 e. The van der Waals surface area contributed by atoms with E-state index in [0.717, 1.165) is 31.7 Å². The van der Waals surface area contributed by atoms with Crippen LogP contribution >= 0.6 is 0 Å². The number of piperidine rings is 1. The Morgan fingerprint density at radius 2 is 1.89 bits per heavy atom. The second kappa shape index (κ2) is 6.45. The molecule has 104 valence electrons. The van der Waals surface area contributed by atoms with Gasteiger partial charge in [-0.15, -0.1) is 0 Å². The highest BCUT2D eigenvalue weighted by molar-refractivity contribution is 5.81. The predicted molar refractivity (Wildman–Crippen MR) is 73.5 cm³/mol. The largest absolute Gasteiger partial charge is 0.497 e. The molecule has 1 unspecified atom stereocenters. The number of likely N-dealkylation sites (tertiary alicyclic amines) is 1. The van der Waals surface area contributed by atoms with Crippen molar-refractivity contribution >= 4 is 5.91 Å². The topological polar surface area (TPSA) is 38.8 Å². The molecule has 1 aromatic carbocycles.